The minimum absolute atomic E-state index is 0.0667. The third kappa shape index (κ3) is 5.34. The molecule has 7 nitrogen and oxygen atoms in total. The maximum absolute atomic E-state index is 9.59. The lowest BCUT2D eigenvalue weighted by Crippen LogP contribution is -2.50. The first kappa shape index (κ1) is 16.8. The van der Waals surface area contributed by atoms with Gasteiger partial charge in [-0.15, -0.1) is 0 Å². The molecule has 0 aliphatic heterocycles. The topological polar surface area (TPSA) is 116 Å². The second kappa shape index (κ2) is 8.03. The summed E-state index contributed by atoms with van der Waals surface area (Å²) in [6.45, 7) is -0.778. The van der Waals surface area contributed by atoms with Crippen molar-refractivity contribution in [1.29, 1.82) is 0 Å². The molecule has 0 aromatic carbocycles. The van der Waals surface area contributed by atoms with Gasteiger partial charge in [-0.3, -0.25) is 0 Å². The van der Waals surface area contributed by atoms with Crippen LogP contribution in [0, 0.1) is 0 Å². The number of nitrogens with one attached hydrogen (secondary N) is 1. The largest absolute Gasteiger partial charge is 0.394 e. The number of likely N-dealkylation sites (N-methyl/N-ethyl adjacent to an activating group) is 1. The fraction of sp³-hybridized carbons (Fsp3) is 0.875. The highest BCUT2D eigenvalue weighted by molar-refractivity contribution is 7.84. The molecule has 0 radical (unpaired) electrons. The number of thiocarbonyl (C=S) groups is 1. The summed E-state index contributed by atoms with van der Waals surface area (Å²) in [5, 5.41) is 46.4. The van der Waals surface area contributed by atoms with E-state index in [1.54, 1.807) is 7.05 Å². The number of hydrogen-bond acceptors (Lipinski definition) is 7. The first-order valence-corrected chi connectivity index (χ1v) is 5.69. The molecule has 17 heavy (non-hydrogen) atoms. The maximum Gasteiger partial charge on any atom is 0.178 e. The van der Waals surface area contributed by atoms with E-state index in [-0.39, 0.29) is 11.7 Å². The summed E-state index contributed by atoms with van der Waals surface area (Å²) in [7, 11) is 1.55. The molecule has 0 fully saturated rings. The average molecular weight is 286 g/mol. The highest BCUT2D eigenvalue weighted by Gasteiger charge is 2.30. The van der Waals surface area contributed by atoms with Gasteiger partial charge in [-0.2, -0.15) is 0 Å². The molecule has 0 rings (SSSR count). The molecule has 0 spiro atoms. The van der Waals surface area contributed by atoms with Gasteiger partial charge in [0.15, 0.2) is 5.11 Å². The van der Waals surface area contributed by atoms with Crippen molar-refractivity contribution in [2.24, 2.45) is 0 Å². The standard InChI is InChI=1S/C8H18N2O5S2/c1-10(8(16)9-17)2-4(12)6(14)7(15)5(13)3-11/h4-7,11-15,17H,2-3H2,1H3,(H,9,16)/t4-,5+,6+,7+/m0/s1. The van der Waals surface area contributed by atoms with E-state index < -0.39 is 31.0 Å². The quantitative estimate of drug-likeness (QED) is 0.205. The van der Waals surface area contributed by atoms with Crippen LogP contribution >= 0.6 is 25.0 Å². The summed E-state index contributed by atoms with van der Waals surface area (Å²) in [5.74, 6) is 0. The summed E-state index contributed by atoms with van der Waals surface area (Å²) < 4.78 is 2.38. The summed E-state index contributed by atoms with van der Waals surface area (Å²) in [6.07, 6.45) is -6.08. The van der Waals surface area contributed by atoms with Crippen LogP contribution in [0.2, 0.25) is 0 Å². The van der Waals surface area contributed by atoms with Crippen molar-refractivity contribution in [3.05, 3.63) is 0 Å². The molecule has 0 saturated heterocycles. The summed E-state index contributed by atoms with van der Waals surface area (Å²) in [6, 6.07) is 0. The highest BCUT2D eigenvalue weighted by atomic mass is 32.1. The summed E-state index contributed by atoms with van der Waals surface area (Å²) in [4.78, 5) is 1.40. The van der Waals surface area contributed by atoms with Crippen molar-refractivity contribution < 1.29 is 25.5 Å². The molecule has 102 valence electrons. The zero-order valence-corrected chi connectivity index (χ0v) is 11.0. The van der Waals surface area contributed by atoms with E-state index in [9.17, 15) is 15.3 Å². The smallest absolute Gasteiger partial charge is 0.178 e. The molecule has 0 heterocycles. The normalized spacial score (nSPS) is 18.1. The van der Waals surface area contributed by atoms with Crippen LogP contribution in [0.3, 0.4) is 0 Å². The van der Waals surface area contributed by atoms with Crippen LogP contribution < -0.4 is 4.72 Å². The van der Waals surface area contributed by atoms with E-state index in [0.29, 0.717) is 0 Å². The van der Waals surface area contributed by atoms with Crippen molar-refractivity contribution in [3.63, 3.8) is 0 Å². The van der Waals surface area contributed by atoms with Crippen molar-refractivity contribution in [2.45, 2.75) is 24.4 Å². The van der Waals surface area contributed by atoms with E-state index in [2.05, 4.69) is 17.5 Å². The van der Waals surface area contributed by atoms with E-state index in [4.69, 9.17) is 22.4 Å². The van der Waals surface area contributed by atoms with Gasteiger partial charge in [0.05, 0.1) is 6.61 Å². The summed E-state index contributed by atoms with van der Waals surface area (Å²) in [5.41, 5.74) is 0. The molecule has 0 saturated carbocycles. The van der Waals surface area contributed by atoms with Crippen LogP contribution in [-0.4, -0.2) is 80.2 Å². The molecule has 0 aliphatic rings. The Hall–Kier alpha value is -0.160. The predicted molar refractivity (Wildman–Crippen MR) is 68.5 cm³/mol. The van der Waals surface area contributed by atoms with E-state index in [1.807, 2.05) is 0 Å². The van der Waals surface area contributed by atoms with Gasteiger partial charge < -0.3 is 35.2 Å². The molecule has 0 bridgehead atoms. The fourth-order valence-electron chi connectivity index (χ4n) is 1.12. The van der Waals surface area contributed by atoms with Gasteiger partial charge in [0.1, 0.15) is 24.4 Å². The van der Waals surface area contributed by atoms with Gasteiger partial charge in [0, 0.05) is 13.6 Å². The number of aliphatic hydroxyl groups is 5. The number of nitrogens with zero attached hydrogens (tertiary/aromatic N) is 1. The lowest BCUT2D eigenvalue weighted by atomic mass is 10.0. The van der Waals surface area contributed by atoms with Gasteiger partial charge in [-0.05, 0) is 12.2 Å². The highest BCUT2D eigenvalue weighted by Crippen LogP contribution is 2.06. The Bertz CT molecular complexity index is 246. The number of hydrogen-bond donors (Lipinski definition) is 7. The van der Waals surface area contributed by atoms with Crippen molar-refractivity contribution in [1.82, 2.24) is 9.62 Å². The Balaban J connectivity index is 4.30. The molecule has 4 atom stereocenters. The minimum Gasteiger partial charge on any atom is -0.394 e. The monoisotopic (exact) mass is 286 g/mol. The molecule has 0 amide bonds. The van der Waals surface area contributed by atoms with Crippen molar-refractivity contribution >= 4 is 30.1 Å². The van der Waals surface area contributed by atoms with Gasteiger partial charge in [0.25, 0.3) is 0 Å². The molecule has 6 N–H and O–H groups in total. The minimum atomic E-state index is -1.64. The van der Waals surface area contributed by atoms with Gasteiger partial charge in [-0.1, -0.05) is 12.8 Å². The molecule has 0 aliphatic carbocycles. The van der Waals surface area contributed by atoms with Crippen LogP contribution in [-0.2, 0) is 0 Å². The Kier molecular flexibility index (Phi) is 7.96. The predicted octanol–water partition coefficient (Wildman–Crippen LogP) is -2.93. The second-order valence-electron chi connectivity index (χ2n) is 3.60. The lowest BCUT2D eigenvalue weighted by Gasteiger charge is -2.29. The number of rotatable bonds is 6. The number of thiol groups is 1. The van der Waals surface area contributed by atoms with Crippen molar-refractivity contribution in [2.75, 3.05) is 20.2 Å². The lowest BCUT2D eigenvalue weighted by molar-refractivity contribution is -0.116. The molecule has 9 heteroatoms. The molecule has 0 aromatic rings. The Morgan fingerprint density at radius 3 is 2.12 bits per heavy atom. The SMILES string of the molecule is CN(C[C@H](O)[C@@H](O)[C@H](O)[C@H](O)CO)C(=S)NS. The zero-order valence-electron chi connectivity index (χ0n) is 9.26. The number of aliphatic hydroxyl groups excluding tert-OH is 5. The maximum atomic E-state index is 9.59. The third-order valence-corrected chi connectivity index (χ3v) is 3.01. The van der Waals surface area contributed by atoms with Crippen LogP contribution in [0.15, 0.2) is 0 Å². The first-order chi connectivity index (χ1) is 7.84. The average Bonchev–Trinajstić information content (AvgIpc) is 2.34. The van der Waals surface area contributed by atoms with E-state index in [1.165, 1.54) is 4.90 Å². The second-order valence-corrected chi connectivity index (χ2v) is 4.21. The first-order valence-electron chi connectivity index (χ1n) is 4.83. The molecule has 0 unspecified atom stereocenters. The Labute approximate surface area is 110 Å². The third-order valence-electron chi connectivity index (χ3n) is 2.23. The zero-order chi connectivity index (χ0) is 13.6. The van der Waals surface area contributed by atoms with E-state index in [0.717, 1.165) is 0 Å². The molecular formula is C8H18N2O5S2. The van der Waals surface area contributed by atoms with Crippen LogP contribution in [0.25, 0.3) is 0 Å². The van der Waals surface area contributed by atoms with Crippen molar-refractivity contribution in [3.8, 4) is 0 Å². The van der Waals surface area contributed by atoms with Gasteiger partial charge >= 0.3 is 0 Å². The Morgan fingerprint density at radius 2 is 1.71 bits per heavy atom. The van der Waals surface area contributed by atoms with Crippen LogP contribution in [0.5, 0.6) is 0 Å². The Morgan fingerprint density at radius 1 is 1.24 bits per heavy atom. The fourth-order valence-corrected chi connectivity index (χ4v) is 1.37. The summed E-state index contributed by atoms with van der Waals surface area (Å²) >= 11 is 8.53. The molecule has 0 aromatic heterocycles. The van der Waals surface area contributed by atoms with Crippen LogP contribution in [0.1, 0.15) is 0 Å². The van der Waals surface area contributed by atoms with Gasteiger partial charge in [0.2, 0.25) is 0 Å². The van der Waals surface area contributed by atoms with E-state index >= 15 is 0 Å². The van der Waals surface area contributed by atoms with Crippen LogP contribution in [0.4, 0.5) is 0 Å². The molecular weight excluding hydrogens is 268 g/mol. The van der Waals surface area contributed by atoms with Gasteiger partial charge in [-0.25, -0.2) is 0 Å².